The van der Waals surface area contributed by atoms with Crippen molar-refractivity contribution in [1.29, 1.82) is 0 Å². The minimum absolute atomic E-state index is 0.0259. The fourth-order valence-corrected chi connectivity index (χ4v) is 2.99. The zero-order valence-corrected chi connectivity index (χ0v) is 11.7. The van der Waals surface area contributed by atoms with E-state index in [0.29, 0.717) is 12.2 Å². The Kier molecular flexibility index (Phi) is 3.16. The second-order valence-electron chi connectivity index (χ2n) is 5.48. The number of nitrogens with zero attached hydrogens (tertiary/aromatic N) is 2. The maximum absolute atomic E-state index is 12.0. The number of aliphatic carboxylic acids is 1. The molecule has 0 aromatic heterocycles. The molecule has 2 aliphatic heterocycles. The second-order valence-corrected chi connectivity index (χ2v) is 5.48. The Hall–Kier alpha value is -2.37. The number of carbonyl (C=O) groups is 3. The number of amides is 2. The maximum Gasteiger partial charge on any atom is 0.308 e. The van der Waals surface area contributed by atoms with Gasteiger partial charge in [0.05, 0.1) is 5.92 Å². The van der Waals surface area contributed by atoms with Crippen molar-refractivity contribution >= 4 is 29.2 Å². The van der Waals surface area contributed by atoms with Gasteiger partial charge in [0.1, 0.15) is 0 Å². The molecule has 0 bridgehead atoms. The lowest BCUT2D eigenvalue weighted by atomic mass is 10.1. The van der Waals surface area contributed by atoms with Gasteiger partial charge >= 0.3 is 5.97 Å². The molecule has 1 fully saturated rings. The first kappa shape index (κ1) is 13.6. The van der Waals surface area contributed by atoms with Crippen LogP contribution in [0, 0.1) is 5.92 Å². The van der Waals surface area contributed by atoms with Gasteiger partial charge in [0.2, 0.25) is 11.8 Å². The van der Waals surface area contributed by atoms with Gasteiger partial charge in [0, 0.05) is 37.8 Å². The van der Waals surface area contributed by atoms with E-state index in [1.807, 2.05) is 18.2 Å². The Morgan fingerprint density at radius 2 is 2.10 bits per heavy atom. The molecule has 0 saturated carbocycles. The van der Waals surface area contributed by atoms with E-state index in [1.54, 1.807) is 4.90 Å². The Morgan fingerprint density at radius 1 is 1.33 bits per heavy atom. The van der Waals surface area contributed by atoms with Crippen LogP contribution < -0.4 is 9.80 Å². The lowest BCUT2D eigenvalue weighted by Crippen LogP contribution is -2.27. The van der Waals surface area contributed by atoms with E-state index in [9.17, 15) is 14.4 Å². The van der Waals surface area contributed by atoms with Crippen molar-refractivity contribution in [3.8, 4) is 0 Å². The molecule has 6 nitrogen and oxygen atoms in total. The number of carbonyl (C=O) groups excluding carboxylic acids is 2. The third-order valence-electron chi connectivity index (χ3n) is 4.13. The van der Waals surface area contributed by atoms with Gasteiger partial charge in [-0.3, -0.25) is 14.4 Å². The fourth-order valence-electron chi connectivity index (χ4n) is 2.99. The standard InChI is InChI=1S/C15H16N2O4/c1-9(18)16-5-4-10-2-3-12(7-13(10)16)17-8-11(15(20)21)6-14(17)19/h2-3,7,11H,4-6,8H2,1H3,(H,20,21). The summed E-state index contributed by atoms with van der Waals surface area (Å²) in [7, 11) is 0. The van der Waals surface area contributed by atoms with Gasteiger partial charge in [-0.25, -0.2) is 0 Å². The average Bonchev–Trinajstić information content (AvgIpc) is 3.01. The lowest BCUT2D eigenvalue weighted by Gasteiger charge is -2.20. The summed E-state index contributed by atoms with van der Waals surface area (Å²) >= 11 is 0. The first-order chi connectivity index (χ1) is 9.97. The molecule has 3 rings (SSSR count). The summed E-state index contributed by atoms with van der Waals surface area (Å²) in [5.41, 5.74) is 2.57. The van der Waals surface area contributed by atoms with Crippen LogP contribution >= 0.6 is 0 Å². The minimum atomic E-state index is -0.947. The van der Waals surface area contributed by atoms with E-state index in [4.69, 9.17) is 5.11 Å². The van der Waals surface area contributed by atoms with Crippen molar-refractivity contribution in [3.63, 3.8) is 0 Å². The number of benzene rings is 1. The molecule has 0 radical (unpaired) electrons. The molecule has 1 atom stereocenters. The van der Waals surface area contributed by atoms with Gasteiger partial charge in [-0.05, 0) is 24.1 Å². The Bertz CT molecular complexity index is 641. The number of carboxylic acids is 1. The molecule has 2 heterocycles. The van der Waals surface area contributed by atoms with E-state index in [1.165, 1.54) is 11.8 Å². The normalized spacial score (nSPS) is 20.8. The molecular weight excluding hydrogens is 272 g/mol. The molecule has 1 aromatic carbocycles. The number of rotatable bonds is 2. The molecule has 1 unspecified atom stereocenters. The van der Waals surface area contributed by atoms with Crippen molar-refractivity contribution in [2.75, 3.05) is 22.9 Å². The lowest BCUT2D eigenvalue weighted by molar-refractivity contribution is -0.141. The van der Waals surface area contributed by atoms with Crippen LogP contribution in [-0.2, 0) is 20.8 Å². The molecule has 1 aromatic rings. The van der Waals surface area contributed by atoms with Crippen molar-refractivity contribution in [3.05, 3.63) is 23.8 Å². The number of hydrogen-bond acceptors (Lipinski definition) is 3. The highest BCUT2D eigenvalue weighted by Crippen LogP contribution is 2.34. The quantitative estimate of drug-likeness (QED) is 0.881. The molecule has 110 valence electrons. The summed E-state index contributed by atoms with van der Waals surface area (Å²) < 4.78 is 0. The van der Waals surface area contributed by atoms with Gasteiger partial charge < -0.3 is 14.9 Å². The predicted octanol–water partition coefficient (Wildman–Crippen LogP) is 1.03. The summed E-state index contributed by atoms with van der Waals surface area (Å²) in [6.07, 6.45) is 0.837. The van der Waals surface area contributed by atoms with Crippen LogP contribution in [0.2, 0.25) is 0 Å². The van der Waals surface area contributed by atoms with Gasteiger partial charge in [-0.2, -0.15) is 0 Å². The maximum atomic E-state index is 12.0. The summed E-state index contributed by atoms with van der Waals surface area (Å²) in [5.74, 6) is -1.82. The van der Waals surface area contributed by atoms with Crippen LogP contribution in [0.15, 0.2) is 18.2 Å². The third kappa shape index (κ3) is 2.26. The van der Waals surface area contributed by atoms with Crippen molar-refractivity contribution in [1.82, 2.24) is 0 Å². The highest BCUT2D eigenvalue weighted by Gasteiger charge is 2.35. The van der Waals surface area contributed by atoms with E-state index >= 15 is 0 Å². The monoisotopic (exact) mass is 288 g/mol. The van der Waals surface area contributed by atoms with Crippen LogP contribution in [0.25, 0.3) is 0 Å². The van der Waals surface area contributed by atoms with Crippen molar-refractivity contribution < 1.29 is 19.5 Å². The Morgan fingerprint density at radius 3 is 2.71 bits per heavy atom. The molecule has 2 aliphatic rings. The summed E-state index contributed by atoms with van der Waals surface area (Å²) in [6.45, 7) is 2.36. The van der Waals surface area contributed by atoms with Crippen LogP contribution in [0.4, 0.5) is 11.4 Å². The first-order valence-electron chi connectivity index (χ1n) is 6.91. The summed E-state index contributed by atoms with van der Waals surface area (Å²) in [5, 5.41) is 9.03. The Balaban J connectivity index is 1.91. The van der Waals surface area contributed by atoms with Gasteiger partial charge in [0.15, 0.2) is 0 Å². The molecule has 1 saturated heterocycles. The van der Waals surface area contributed by atoms with Crippen LogP contribution in [-0.4, -0.2) is 36.0 Å². The summed E-state index contributed by atoms with van der Waals surface area (Å²) in [4.78, 5) is 37.8. The van der Waals surface area contributed by atoms with Crippen LogP contribution in [0.3, 0.4) is 0 Å². The molecule has 1 N–H and O–H groups in total. The number of fused-ring (bicyclic) bond motifs is 1. The SMILES string of the molecule is CC(=O)N1CCc2ccc(N3CC(C(=O)O)CC3=O)cc21. The molecule has 0 aliphatic carbocycles. The number of anilines is 2. The summed E-state index contributed by atoms with van der Waals surface area (Å²) in [6, 6.07) is 5.55. The topological polar surface area (TPSA) is 77.9 Å². The van der Waals surface area contributed by atoms with E-state index in [2.05, 4.69) is 0 Å². The highest BCUT2D eigenvalue weighted by molar-refractivity contribution is 6.01. The molecule has 6 heteroatoms. The largest absolute Gasteiger partial charge is 0.481 e. The second kappa shape index (κ2) is 4.87. The molecule has 2 amide bonds. The third-order valence-corrected chi connectivity index (χ3v) is 4.13. The number of hydrogen-bond donors (Lipinski definition) is 1. The van der Waals surface area contributed by atoms with Gasteiger partial charge in [0.25, 0.3) is 0 Å². The fraction of sp³-hybridized carbons (Fsp3) is 0.400. The number of carboxylic acid groups (broad SMARTS) is 1. The smallest absolute Gasteiger partial charge is 0.308 e. The van der Waals surface area contributed by atoms with Crippen LogP contribution in [0.1, 0.15) is 18.9 Å². The van der Waals surface area contributed by atoms with Crippen molar-refractivity contribution in [2.45, 2.75) is 19.8 Å². The first-order valence-corrected chi connectivity index (χ1v) is 6.91. The van der Waals surface area contributed by atoms with E-state index in [0.717, 1.165) is 17.7 Å². The van der Waals surface area contributed by atoms with Crippen LogP contribution in [0.5, 0.6) is 0 Å². The van der Waals surface area contributed by atoms with E-state index in [-0.39, 0.29) is 24.8 Å². The Labute approximate surface area is 122 Å². The molecule has 0 spiro atoms. The van der Waals surface area contributed by atoms with E-state index < -0.39 is 11.9 Å². The minimum Gasteiger partial charge on any atom is -0.481 e. The predicted molar refractivity (Wildman–Crippen MR) is 76.3 cm³/mol. The van der Waals surface area contributed by atoms with Gasteiger partial charge in [-0.15, -0.1) is 0 Å². The molecular formula is C15H16N2O4. The molecule has 21 heavy (non-hydrogen) atoms. The zero-order chi connectivity index (χ0) is 15.1. The average molecular weight is 288 g/mol. The zero-order valence-electron chi connectivity index (χ0n) is 11.7. The van der Waals surface area contributed by atoms with Gasteiger partial charge in [-0.1, -0.05) is 6.07 Å². The highest BCUT2D eigenvalue weighted by atomic mass is 16.4. The van der Waals surface area contributed by atoms with Crippen molar-refractivity contribution in [2.24, 2.45) is 5.92 Å².